The molecule has 1 aromatic carbocycles. The summed E-state index contributed by atoms with van der Waals surface area (Å²) in [7, 11) is 0. The van der Waals surface area contributed by atoms with Crippen molar-refractivity contribution >= 4 is 16.7 Å². The first-order valence-electron chi connectivity index (χ1n) is 5.34. The molecule has 0 atom stereocenters. The Kier molecular flexibility index (Phi) is 1.78. The van der Waals surface area contributed by atoms with Gasteiger partial charge in [-0.15, -0.1) is 0 Å². The Morgan fingerprint density at radius 1 is 1.38 bits per heavy atom. The van der Waals surface area contributed by atoms with Gasteiger partial charge >= 0.3 is 0 Å². The first-order chi connectivity index (χ1) is 7.68. The molecule has 0 spiro atoms. The van der Waals surface area contributed by atoms with E-state index in [9.17, 15) is 9.59 Å². The third kappa shape index (κ3) is 1.08. The number of carbonyl (C=O) groups is 1. The van der Waals surface area contributed by atoms with Gasteiger partial charge in [-0.25, -0.2) is 0 Å². The highest BCUT2D eigenvalue weighted by Crippen LogP contribution is 2.23. The van der Waals surface area contributed by atoms with Gasteiger partial charge in [0.2, 0.25) is 0 Å². The van der Waals surface area contributed by atoms with E-state index < -0.39 is 0 Å². The number of pyridine rings is 1. The lowest BCUT2D eigenvalue weighted by Gasteiger charge is -2.06. The minimum Gasteiger partial charge on any atom is -0.346 e. The van der Waals surface area contributed by atoms with Crippen molar-refractivity contribution in [2.75, 3.05) is 0 Å². The van der Waals surface area contributed by atoms with E-state index in [-0.39, 0.29) is 11.2 Å². The average Bonchev–Trinajstić information content (AvgIpc) is 2.67. The molecule has 0 amide bonds. The van der Waals surface area contributed by atoms with Crippen molar-refractivity contribution in [1.29, 1.82) is 0 Å². The van der Waals surface area contributed by atoms with Gasteiger partial charge in [-0.05, 0) is 25.0 Å². The van der Waals surface area contributed by atoms with Crippen LogP contribution in [0.3, 0.4) is 0 Å². The van der Waals surface area contributed by atoms with Gasteiger partial charge in [0.25, 0.3) is 0 Å². The molecular formula is C13H11NO2. The quantitative estimate of drug-likeness (QED) is 0.677. The summed E-state index contributed by atoms with van der Waals surface area (Å²) in [5.41, 5.74) is 2.36. The number of Topliss-reactive ketones (excluding diaryl/α,β-unsaturated/α-hetero) is 1. The zero-order chi connectivity index (χ0) is 11.3. The predicted molar refractivity (Wildman–Crippen MR) is 61.9 cm³/mol. The average molecular weight is 213 g/mol. The van der Waals surface area contributed by atoms with Crippen LogP contribution >= 0.6 is 0 Å². The van der Waals surface area contributed by atoms with Crippen molar-refractivity contribution in [3.8, 4) is 0 Å². The fraction of sp³-hybridized carbons (Fsp3) is 0.231. The van der Waals surface area contributed by atoms with Gasteiger partial charge in [-0.3, -0.25) is 9.59 Å². The number of nitrogens with zero attached hydrogens (tertiary/aromatic N) is 1. The number of hydrogen-bond donors (Lipinski definition) is 0. The van der Waals surface area contributed by atoms with Crippen LogP contribution in [-0.4, -0.2) is 10.4 Å². The maximum Gasteiger partial charge on any atom is 0.200 e. The number of aromatic nitrogens is 1. The van der Waals surface area contributed by atoms with E-state index >= 15 is 0 Å². The molecule has 0 saturated carbocycles. The van der Waals surface area contributed by atoms with Crippen molar-refractivity contribution in [3.05, 3.63) is 45.7 Å². The topological polar surface area (TPSA) is 39.1 Å². The van der Waals surface area contributed by atoms with Gasteiger partial charge in [0, 0.05) is 18.1 Å². The molecule has 3 nitrogen and oxygen atoms in total. The van der Waals surface area contributed by atoms with Crippen molar-refractivity contribution in [2.45, 2.75) is 19.9 Å². The molecule has 0 bridgehead atoms. The molecule has 3 heteroatoms. The van der Waals surface area contributed by atoms with Gasteiger partial charge in [-0.1, -0.05) is 12.1 Å². The molecule has 1 aliphatic rings. The Hall–Kier alpha value is -1.90. The number of para-hydroxylation sites is 1. The summed E-state index contributed by atoms with van der Waals surface area (Å²) in [5.74, 6) is -0.159. The van der Waals surface area contributed by atoms with Crippen LogP contribution in [0.4, 0.5) is 0 Å². The number of carbonyl (C=O) groups excluding carboxylic acids is 1. The second-order valence-corrected chi connectivity index (χ2v) is 4.18. The minimum absolute atomic E-state index is 0.137. The fourth-order valence-electron chi connectivity index (χ4n) is 2.41. The highest BCUT2D eigenvalue weighted by atomic mass is 16.1. The summed E-state index contributed by atoms with van der Waals surface area (Å²) >= 11 is 0. The Morgan fingerprint density at radius 3 is 2.94 bits per heavy atom. The number of hydrogen-bond acceptors (Lipinski definition) is 2. The molecule has 1 aromatic heterocycles. The normalized spacial score (nSPS) is 13.3. The van der Waals surface area contributed by atoms with E-state index in [0.29, 0.717) is 10.9 Å². The Labute approximate surface area is 92.3 Å². The number of aryl methyl sites for hydroxylation is 2. The molecule has 0 aliphatic carbocycles. The van der Waals surface area contributed by atoms with Crippen molar-refractivity contribution < 1.29 is 4.79 Å². The summed E-state index contributed by atoms with van der Waals surface area (Å²) < 4.78 is 2.02. The van der Waals surface area contributed by atoms with E-state index in [2.05, 4.69) is 0 Å². The molecule has 2 heterocycles. The molecule has 0 radical (unpaired) electrons. The maximum atomic E-state index is 12.1. The Balaban J connectivity index is 2.54. The maximum absolute atomic E-state index is 12.1. The number of rotatable bonds is 1. The first kappa shape index (κ1) is 9.33. The zero-order valence-electron chi connectivity index (χ0n) is 8.99. The predicted octanol–water partition coefficient (Wildman–Crippen LogP) is 1.76. The van der Waals surface area contributed by atoms with Gasteiger partial charge < -0.3 is 4.57 Å². The van der Waals surface area contributed by atoms with Crippen molar-refractivity contribution in [2.24, 2.45) is 0 Å². The summed E-state index contributed by atoms with van der Waals surface area (Å²) in [6, 6.07) is 5.73. The van der Waals surface area contributed by atoms with Crippen LogP contribution in [-0.2, 0) is 13.0 Å². The van der Waals surface area contributed by atoms with Crippen LogP contribution in [0.15, 0.2) is 29.2 Å². The molecule has 2 aromatic rings. The fourth-order valence-corrected chi connectivity index (χ4v) is 2.41. The third-order valence-electron chi connectivity index (χ3n) is 3.18. The lowest BCUT2D eigenvalue weighted by Crippen LogP contribution is -2.16. The van der Waals surface area contributed by atoms with Crippen LogP contribution in [0.5, 0.6) is 0 Å². The van der Waals surface area contributed by atoms with Crippen LogP contribution in [0, 0.1) is 0 Å². The SMILES string of the molecule is CC(=O)c1cn2c3c(cccc3c1=O)CC2. The van der Waals surface area contributed by atoms with Crippen LogP contribution in [0.25, 0.3) is 10.9 Å². The van der Waals surface area contributed by atoms with Gasteiger partial charge in [-0.2, -0.15) is 0 Å². The van der Waals surface area contributed by atoms with Gasteiger partial charge in [0.05, 0.1) is 11.1 Å². The molecule has 0 unspecified atom stereocenters. The molecule has 80 valence electrons. The van der Waals surface area contributed by atoms with E-state index in [1.54, 1.807) is 12.3 Å². The molecule has 1 aliphatic heterocycles. The molecular weight excluding hydrogens is 202 g/mol. The highest BCUT2D eigenvalue weighted by molar-refractivity contribution is 5.97. The van der Waals surface area contributed by atoms with E-state index in [1.807, 2.05) is 16.7 Å². The molecule has 0 saturated heterocycles. The highest BCUT2D eigenvalue weighted by Gasteiger charge is 2.18. The second-order valence-electron chi connectivity index (χ2n) is 4.18. The monoisotopic (exact) mass is 213 g/mol. The van der Waals surface area contributed by atoms with E-state index in [4.69, 9.17) is 0 Å². The number of ketones is 1. The molecule has 0 fully saturated rings. The van der Waals surface area contributed by atoms with Gasteiger partial charge in [0.1, 0.15) is 0 Å². The van der Waals surface area contributed by atoms with Gasteiger partial charge in [0.15, 0.2) is 11.2 Å². The molecule has 3 rings (SSSR count). The third-order valence-corrected chi connectivity index (χ3v) is 3.18. The second kappa shape index (κ2) is 3.04. The minimum atomic E-state index is -0.159. The Bertz CT molecular complexity index is 667. The summed E-state index contributed by atoms with van der Waals surface area (Å²) in [6.07, 6.45) is 2.64. The lowest BCUT2D eigenvalue weighted by atomic mass is 10.1. The summed E-state index contributed by atoms with van der Waals surface area (Å²) in [5, 5.41) is 0.669. The van der Waals surface area contributed by atoms with Crippen molar-refractivity contribution in [1.82, 2.24) is 4.57 Å². The summed E-state index contributed by atoms with van der Waals surface area (Å²) in [4.78, 5) is 23.4. The summed E-state index contributed by atoms with van der Waals surface area (Å²) in [6.45, 7) is 2.30. The first-order valence-corrected chi connectivity index (χ1v) is 5.34. The lowest BCUT2D eigenvalue weighted by molar-refractivity contribution is 0.101. The van der Waals surface area contributed by atoms with E-state index in [0.717, 1.165) is 18.5 Å². The van der Waals surface area contributed by atoms with Crippen LogP contribution < -0.4 is 5.43 Å². The van der Waals surface area contributed by atoms with Crippen LogP contribution in [0.1, 0.15) is 22.8 Å². The standard InChI is InChI=1S/C13H11NO2/c1-8(15)11-7-14-6-5-9-3-2-4-10(12(9)14)13(11)16/h2-4,7H,5-6H2,1H3. The van der Waals surface area contributed by atoms with Crippen LogP contribution in [0.2, 0.25) is 0 Å². The van der Waals surface area contributed by atoms with E-state index in [1.165, 1.54) is 12.5 Å². The largest absolute Gasteiger partial charge is 0.346 e. The zero-order valence-corrected chi connectivity index (χ0v) is 8.99. The Morgan fingerprint density at radius 2 is 2.19 bits per heavy atom. The smallest absolute Gasteiger partial charge is 0.200 e. The van der Waals surface area contributed by atoms with Crippen molar-refractivity contribution in [3.63, 3.8) is 0 Å². The molecule has 16 heavy (non-hydrogen) atoms. The number of benzene rings is 1. The molecule has 0 N–H and O–H groups in total.